The summed E-state index contributed by atoms with van der Waals surface area (Å²) in [5.74, 6) is 0.473. The van der Waals surface area contributed by atoms with Gasteiger partial charge in [0, 0.05) is 29.1 Å². The highest BCUT2D eigenvalue weighted by Gasteiger charge is 2.24. The molecule has 3 heteroatoms. The number of rotatable bonds is 20. The molecule has 0 radical (unpaired) electrons. The maximum atomic E-state index is 14.3. The third-order valence-electron chi connectivity index (χ3n) is 7.99. The summed E-state index contributed by atoms with van der Waals surface area (Å²) in [5, 5.41) is 11.6. The molecule has 2 nitrogen and oxygen atoms in total. The largest absolute Gasteiger partial charge is 0.508 e. The molecule has 0 spiro atoms. The zero-order valence-corrected chi connectivity index (χ0v) is 25.3. The molecule has 0 aliphatic carbocycles. The topological polar surface area (TPSA) is 37.3 Å². The van der Waals surface area contributed by atoms with Crippen molar-refractivity contribution >= 4 is 12.4 Å². The van der Waals surface area contributed by atoms with Crippen molar-refractivity contribution in [2.75, 3.05) is 12.3 Å². The molecule has 0 aliphatic heterocycles. The summed E-state index contributed by atoms with van der Waals surface area (Å²) in [6.07, 6.45) is 19.9. The molecule has 0 amide bonds. The fourth-order valence-electron chi connectivity index (χ4n) is 5.37. The summed E-state index contributed by atoms with van der Waals surface area (Å²) in [5.41, 5.74) is 3.46. The van der Waals surface area contributed by atoms with E-state index in [0.717, 1.165) is 42.5 Å². The minimum atomic E-state index is -2.38. The van der Waals surface area contributed by atoms with Gasteiger partial charge in [0.25, 0.3) is 0 Å². The fourth-order valence-corrected chi connectivity index (χ4v) is 8.27. The van der Waals surface area contributed by atoms with Crippen molar-refractivity contribution in [1.29, 1.82) is 0 Å². The number of aryl methyl sites for hydroxylation is 1. The zero-order chi connectivity index (χ0) is 26.9. The molecule has 1 N–H and O–H groups in total. The molecule has 2 rings (SSSR count). The van der Waals surface area contributed by atoms with Crippen molar-refractivity contribution in [3.8, 4) is 5.75 Å². The Hall–Kier alpha value is -1.53. The Labute approximate surface area is 229 Å². The Morgan fingerprint density at radius 3 is 1.73 bits per heavy atom. The number of aromatic hydroxyl groups is 1. The van der Waals surface area contributed by atoms with Crippen LogP contribution in [-0.4, -0.2) is 17.4 Å². The van der Waals surface area contributed by atoms with E-state index < -0.39 is 7.14 Å². The van der Waals surface area contributed by atoms with E-state index in [4.69, 9.17) is 0 Å². The van der Waals surface area contributed by atoms with Crippen LogP contribution in [0.15, 0.2) is 42.5 Å². The molecule has 0 saturated carbocycles. The van der Waals surface area contributed by atoms with Crippen molar-refractivity contribution in [2.45, 2.75) is 130 Å². The molecule has 208 valence electrons. The number of benzene rings is 2. The molecule has 37 heavy (non-hydrogen) atoms. The fraction of sp³-hybridized carbons (Fsp3) is 0.647. The molecular formula is C34H55O2P. The molecule has 2 aromatic carbocycles. The van der Waals surface area contributed by atoms with Crippen LogP contribution in [0.4, 0.5) is 0 Å². The highest BCUT2D eigenvalue weighted by atomic mass is 31.2. The maximum Gasteiger partial charge on any atom is 0.119 e. The standard InChI is InChI=1S/C34H55O2P/c1-5-8-11-13-15-17-26-37(36,27-18-16-14-12-9-6-2)32-23-21-31(22-24-32)29(4)33-28-30(19-10-7-3)20-25-34(33)35/h20-25,28-29,35H,5-19,26-27H2,1-4H3. The first-order chi connectivity index (χ1) is 17.9. The Morgan fingerprint density at radius 2 is 1.19 bits per heavy atom. The molecule has 0 heterocycles. The second-order valence-electron chi connectivity index (χ2n) is 11.2. The summed E-state index contributed by atoms with van der Waals surface area (Å²) in [4.78, 5) is 0. The van der Waals surface area contributed by atoms with Gasteiger partial charge in [-0.05, 0) is 42.9 Å². The van der Waals surface area contributed by atoms with E-state index in [1.807, 2.05) is 12.1 Å². The first kappa shape index (κ1) is 31.7. The molecule has 0 aliphatic rings. The van der Waals surface area contributed by atoms with Crippen LogP contribution in [0.25, 0.3) is 0 Å². The zero-order valence-electron chi connectivity index (χ0n) is 24.4. The number of phenolic OH excluding ortho intramolecular Hbond substituents is 1. The molecular weight excluding hydrogens is 471 g/mol. The van der Waals surface area contributed by atoms with E-state index in [-0.39, 0.29) is 5.92 Å². The molecule has 2 aromatic rings. The summed E-state index contributed by atoms with van der Waals surface area (Å²) in [7, 11) is -2.38. The third kappa shape index (κ3) is 11.0. The van der Waals surface area contributed by atoms with Gasteiger partial charge in [-0.3, -0.25) is 0 Å². The van der Waals surface area contributed by atoms with Crippen LogP contribution in [-0.2, 0) is 11.0 Å². The Morgan fingerprint density at radius 1 is 0.676 bits per heavy atom. The van der Waals surface area contributed by atoms with Gasteiger partial charge < -0.3 is 9.67 Å². The molecule has 0 aromatic heterocycles. The lowest BCUT2D eigenvalue weighted by molar-refractivity contribution is 0.465. The van der Waals surface area contributed by atoms with Crippen molar-refractivity contribution < 1.29 is 9.67 Å². The Bertz CT molecular complexity index is 898. The van der Waals surface area contributed by atoms with E-state index in [1.165, 1.54) is 88.2 Å². The van der Waals surface area contributed by atoms with Crippen molar-refractivity contribution in [2.24, 2.45) is 0 Å². The van der Waals surface area contributed by atoms with Crippen LogP contribution < -0.4 is 5.30 Å². The summed E-state index contributed by atoms with van der Waals surface area (Å²) < 4.78 is 14.3. The summed E-state index contributed by atoms with van der Waals surface area (Å²) in [6, 6.07) is 14.7. The predicted molar refractivity (Wildman–Crippen MR) is 164 cm³/mol. The number of unbranched alkanes of at least 4 members (excludes halogenated alkanes) is 11. The van der Waals surface area contributed by atoms with Gasteiger partial charge in [-0.2, -0.15) is 0 Å². The average Bonchev–Trinajstić information content (AvgIpc) is 2.92. The number of phenols is 1. The second-order valence-corrected chi connectivity index (χ2v) is 14.4. The van der Waals surface area contributed by atoms with Crippen molar-refractivity contribution in [3.05, 3.63) is 59.2 Å². The SMILES string of the molecule is CCCCCCCCP(=O)(CCCCCCCC)c1ccc(C(C)c2cc(CCCC)ccc2O)cc1. The lowest BCUT2D eigenvalue weighted by Gasteiger charge is -2.21. The van der Waals surface area contributed by atoms with E-state index in [9.17, 15) is 9.67 Å². The van der Waals surface area contributed by atoms with Gasteiger partial charge in [-0.15, -0.1) is 0 Å². The van der Waals surface area contributed by atoms with Crippen LogP contribution in [0.2, 0.25) is 0 Å². The van der Waals surface area contributed by atoms with Gasteiger partial charge in [0.15, 0.2) is 0 Å². The first-order valence-corrected chi connectivity index (χ1v) is 17.5. The summed E-state index contributed by atoms with van der Waals surface area (Å²) >= 11 is 0. The van der Waals surface area contributed by atoms with Gasteiger partial charge in [0.1, 0.15) is 12.9 Å². The lowest BCUT2D eigenvalue weighted by Crippen LogP contribution is -2.12. The smallest absolute Gasteiger partial charge is 0.119 e. The monoisotopic (exact) mass is 526 g/mol. The van der Waals surface area contributed by atoms with Crippen LogP contribution in [0.5, 0.6) is 5.75 Å². The molecule has 0 saturated heterocycles. The quantitative estimate of drug-likeness (QED) is 0.138. The van der Waals surface area contributed by atoms with E-state index in [1.54, 1.807) is 0 Å². The van der Waals surface area contributed by atoms with Crippen LogP contribution >= 0.6 is 7.14 Å². The van der Waals surface area contributed by atoms with Crippen LogP contribution in [0, 0.1) is 0 Å². The van der Waals surface area contributed by atoms with Gasteiger partial charge >= 0.3 is 0 Å². The van der Waals surface area contributed by atoms with E-state index >= 15 is 0 Å². The third-order valence-corrected chi connectivity index (χ3v) is 11.3. The lowest BCUT2D eigenvalue weighted by atomic mass is 9.90. The van der Waals surface area contributed by atoms with Crippen LogP contribution in [0.1, 0.15) is 140 Å². The predicted octanol–water partition coefficient (Wildman–Crippen LogP) is 10.6. The Kier molecular flexibility index (Phi) is 15.3. The van der Waals surface area contributed by atoms with Gasteiger partial charge in [-0.1, -0.05) is 135 Å². The molecule has 0 fully saturated rings. The van der Waals surface area contributed by atoms with Crippen LogP contribution in [0.3, 0.4) is 0 Å². The maximum absolute atomic E-state index is 14.3. The van der Waals surface area contributed by atoms with Crippen molar-refractivity contribution in [1.82, 2.24) is 0 Å². The minimum Gasteiger partial charge on any atom is -0.508 e. The molecule has 1 atom stereocenters. The summed E-state index contributed by atoms with van der Waals surface area (Å²) in [6.45, 7) is 8.89. The second kappa shape index (κ2) is 17.9. The number of hydrogen-bond donors (Lipinski definition) is 1. The molecule has 1 unspecified atom stereocenters. The molecule has 0 bridgehead atoms. The van der Waals surface area contributed by atoms with E-state index in [2.05, 4.69) is 58.0 Å². The normalized spacial score (nSPS) is 12.6. The van der Waals surface area contributed by atoms with Gasteiger partial charge in [0.2, 0.25) is 0 Å². The van der Waals surface area contributed by atoms with Gasteiger partial charge in [-0.25, -0.2) is 0 Å². The minimum absolute atomic E-state index is 0.104. The number of hydrogen-bond acceptors (Lipinski definition) is 2. The van der Waals surface area contributed by atoms with Crippen molar-refractivity contribution in [3.63, 3.8) is 0 Å². The first-order valence-electron chi connectivity index (χ1n) is 15.5. The van der Waals surface area contributed by atoms with E-state index in [0.29, 0.717) is 5.75 Å². The average molecular weight is 527 g/mol. The highest BCUT2D eigenvalue weighted by Crippen LogP contribution is 2.47. The Balaban J connectivity index is 2.11. The highest BCUT2D eigenvalue weighted by molar-refractivity contribution is 7.71. The van der Waals surface area contributed by atoms with Gasteiger partial charge in [0.05, 0.1) is 0 Å².